The fourth-order valence-electron chi connectivity index (χ4n) is 1.78. The van der Waals surface area contributed by atoms with Crippen LogP contribution in [-0.4, -0.2) is 13.1 Å². The largest absolute Gasteiger partial charge is 0.465 e. The normalized spacial score (nSPS) is 11.0. The van der Waals surface area contributed by atoms with Crippen molar-refractivity contribution < 1.29 is 13.9 Å². The standard InChI is InChI=1S/C13H14O3/c1-8(2)12-11(13(14)15-3)9-6-4-5-7-10(9)16-12/h4-8H,1-3H3. The average molecular weight is 218 g/mol. The fraction of sp³-hybridized carbons (Fsp3) is 0.308. The second-order valence-corrected chi connectivity index (χ2v) is 3.98. The van der Waals surface area contributed by atoms with E-state index in [0.717, 1.165) is 11.0 Å². The second kappa shape index (κ2) is 4.00. The van der Waals surface area contributed by atoms with Gasteiger partial charge in [-0.2, -0.15) is 0 Å². The first-order valence-electron chi connectivity index (χ1n) is 5.25. The Kier molecular flexibility index (Phi) is 2.69. The lowest BCUT2D eigenvalue weighted by Gasteiger charge is -2.03. The Morgan fingerprint density at radius 1 is 1.31 bits per heavy atom. The van der Waals surface area contributed by atoms with Crippen molar-refractivity contribution in [3.63, 3.8) is 0 Å². The van der Waals surface area contributed by atoms with Gasteiger partial charge in [-0.15, -0.1) is 0 Å². The van der Waals surface area contributed by atoms with Gasteiger partial charge < -0.3 is 9.15 Å². The Balaban J connectivity index is 2.74. The molecule has 2 aromatic rings. The molecule has 0 aliphatic carbocycles. The van der Waals surface area contributed by atoms with Gasteiger partial charge in [-0.05, 0) is 6.07 Å². The van der Waals surface area contributed by atoms with Crippen molar-refractivity contribution in [1.29, 1.82) is 0 Å². The first kappa shape index (κ1) is 10.7. The van der Waals surface area contributed by atoms with E-state index in [-0.39, 0.29) is 11.9 Å². The molecule has 0 atom stereocenters. The van der Waals surface area contributed by atoms with Gasteiger partial charge in [0.05, 0.1) is 7.11 Å². The van der Waals surface area contributed by atoms with Gasteiger partial charge in [0.2, 0.25) is 0 Å². The number of hydrogen-bond acceptors (Lipinski definition) is 3. The van der Waals surface area contributed by atoms with E-state index in [1.807, 2.05) is 38.1 Å². The zero-order chi connectivity index (χ0) is 11.7. The Hall–Kier alpha value is -1.77. The van der Waals surface area contributed by atoms with E-state index in [1.54, 1.807) is 0 Å². The molecule has 3 nitrogen and oxygen atoms in total. The molecule has 0 amide bonds. The van der Waals surface area contributed by atoms with E-state index in [2.05, 4.69) is 0 Å². The molecule has 0 radical (unpaired) electrons. The Labute approximate surface area is 94.0 Å². The van der Waals surface area contributed by atoms with Gasteiger partial charge in [0.25, 0.3) is 0 Å². The highest BCUT2D eigenvalue weighted by atomic mass is 16.5. The van der Waals surface area contributed by atoms with Crippen LogP contribution in [0.15, 0.2) is 28.7 Å². The number of benzene rings is 1. The number of rotatable bonds is 2. The summed E-state index contributed by atoms with van der Waals surface area (Å²) in [7, 11) is 1.38. The molecule has 0 saturated heterocycles. The molecule has 16 heavy (non-hydrogen) atoms. The quantitative estimate of drug-likeness (QED) is 0.726. The smallest absolute Gasteiger partial charge is 0.342 e. The van der Waals surface area contributed by atoms with E-state index in [0.29, 0.717) is 11.3 Å². The number of carbonyl (C=O) groups is 1. The van der Waals surface area contributed by atoms with Gasteiger partial charge in [0.1, 0.15) is 16.9 Å². The fourth-order valence-corrected chi connectivity index (χ4v) is 1.78. The minimum Gasteiger partial charge on any atom is -0.465 e. The lowest BCUT2D eigenvalue weighted by molar-refractivity contribution is 0.0599. The van der Waals surface area contributed by atoms with Gasteiger partial charge in [0, 0.05) is 11.3 Å². The SMILES string of the molecule is COC(=O)c1c(C(C)C)oc2ccccc12. The summed E-state index contributed by atoms with van der Waals surface area (Å²) in [5.74, 6) is 0.503. The number of fused-ring (bicyclic) bond motifs is 1. The molecular weight excluding hydrogens is 204 g/mol. The molecule has 0 aliphatic rings. The second-order valence-electron chi connectivity index (χ2n) is 3.98. The zero-order valence-electron chi connectivity index (χ0n) is 9.61. The highest BCUT2D eigenvalue weighted by Gasteiger charge is 2.22. The Morgan fingerprint density at radius 3 is 2.62 bits per heavy atom. The van der Waals surface area contributed by atoms with Crippen LogP contribution in [0.5, 0.6) is 0 Å². The summed E-state index contributed by atoms with van der Waals surface area (Å²) < 4.78 is 10.5. The predicted molar refractivity (Wildman–Crippen MR) is 61.6 cm³/mol. The van der Waals surface area contributed by atoms with Gasteiger partial charge >= 0.3 is 5.97 Å². The molecule has 1 heterocycles. The lowest BCUT2D eigenvalue weighted by Crippen LogP contribution is -2.04. The van der Waals surface area contributed by atoms with Crippen LogP contribution in [0.2, 0.25) is 0 Å². The van der Waals surface area contributed by atoms with Crippen molar-refractivity contribution in [1.82, 2.24) is 0 Å². The number of esters is 1. The minimum atomic E-state index is -0.339. The maximum absolute atomic E-state index is 11.7. The van der Waals surface area contributed by atoms with Crippen LogP contribution >= 0.6 is 0 Å². The molecular formula is C13H14O3. The van der Waals surface area contributed by atoms with Crippen LogP contribution in [-0.2, 0) is 4.74 Å². The van der Waals surface area contributed by atoms with Crippen LogP contribution in [0.1, 0.15) is 35.9 Å². The van der Waals surface area contributed by atoms with Crippen LogP contribution in [0.3, 0.4) is 0 Å². The summed E-state index contributed by atoms with van der Waals surface area (Å²) in [4.78, 5) is 11.7. The third kappa shape index (κ3) is 1.58. The maximum atomic E-state index is 11.7. The summed E-state index contributed by atoms with van der Waals surface area (Å²) in [6.07, 6.45) is 0. The first-order valence-corrected chi connectivity index (χ1v) is 5.25. The minimum absolute atomic E-state index is 0.154. The number of furan rings is 1. The summed E-state index contributed by atoms with van der Waals surface area (Å²) in [5.41, 5.74) is 1.28. The molecule has 0 fully saturated rings. The molecule has 1 aromatic heterocycles. The van der Waals surface area contributed by atoms with Gasteiger partial charge in [-0.1, -0.05) is 32.0 Å². The summed E-state index contributed by atoms with van der Waals surface area (Å²) in [5, 5.41) is 0.818. The van der Waals surface area contributed by atoms with Crippen molar-refractivity contribution in [2.45, 2.75) is 19.8 Å². The monoisotopic (exact) mass is 218 g/mol. The van der Waals surface area contributed by atoms with E-state index in [9.17, 15) is 4.79 Å². The molecule has 0 spiro atoms. The van der Waals surface area contributed by atoms with Crippen LogP contribution < -0.4 is 0 Å². The number of para-hydroxylation sites is 1. The Morgan fingerprint density at radius 2 is 2.00 bits per heavy atom. The molecule has 0 saturated carbocycles. The van der Waals surface area contributed by atoms with Crippen LogP contribution in [0.4, 0.5) is 0 Å². The number of ether oxygens (including phenoxy) is 1. The van der Waals surface area contributed by atoms with Crippen LogP contribution in [0, 0.1) is 0 Å². The van der Waals surface area contributed by atoms with E-state index >= 15 is 0 Å². The molecule has 84 valence electrons. The van der Waals surface area contributed by atoms with Crippen molar-refractivity contribution in [2.75, 3.05) is 7.11 Å². The lowest BCUT2D eigenvalue weighted by atomic mass is 10.0. The summed E-state index contributed by atoms with van der Waals surface area (Å²) >= 11 is 0. The molecule has 1 aromatic carbocycles. The number of carbonyl (C=O) groups excluding carboxylic acids is 1. The number of hydrogen-bond donors (Lipinski definition) is 0. The topological polar surface area (TPSA) is 39.4 Å². The van der Waals surface area contributed by atoms with E-state index < -0.39 is 0 Å². The highest BCUT2D eigenvalue weighted by Crippen LogP contribution is 2.31. The molecule has 0 N–H and O–H groups in total. The maximum Gasteiger partial charge on any atom is 0.342 e. The summed E-state index contributed by atoms with van der Waals surface area (Å²) in [6.45, 7) is 3.98. The van der Waals surface area contributed by atoms with Gasteiger partial charge in [-0.3, -0.25) is 0 Å². The zero-order valence-corrected chi connectivity index (χ0v) is 9.61. The molecule has 0 bridgehead atoms. The highest BCUT2D eigenvalue weighted by molar-refractivity contribution is 6.04. The predicted octanol–water partition coefficient (Wildman–Crippen LogP) is 3.34. The van der Waals surface area contributed by atoms with Crippen molar-refractivity contribution in [3.8, 4) is 0 Å². The van der Waals surface area contributed by atoms with E-state index in [4.69, 9.17) is 9.15 Å². The average Bonchev–Trinajstić information content (AvgIpc) is 2.67. The van der Waals surface area contributed by atoms with Crippen molar-refractivity contribution >= 4 is 16.9 Å². The van der Waals surface area contributed by atoms with Crippen molar-refractivity contribution in [3.05, 3.63) is 35.6 Å². The van der Waals surface area contributed by atoms with Gasteiger partial charge in [0.15, 0.2) is 0 Å². The third-order valence-corrected chi connectivity index (χ3v) is 2.54. The van der Waals surface area contributed by atoms with Crippen molar-refractivity contribution in [2.24, 2.45) is 0 Å². The van der Waals surface area contributed by atoms with E-state index in [1.165, 1.54) is 7.11 Å². The number of methoxy groups -OCH3 is 1. The van der Waals surface area contributed by atoms with Crippen LogP contribution in [0.25, 0.3) is 11.0 Å². The molecule has 2 rings (SSSR count). The Bertz CT molecular complexity index is 523. The molecule has 0 unspecified atom stereocenters. The molecule has 0 aliphatic heterocycles. The first-order chi connectivity index (χ1) is 7.65. The summed E-state index contributed by atoms with van der Waals surface area (Å²) in [6, 6.07) is 7.50. The third-order valence-electron chi connectivity index (χ3n) is 2.54. The molecule has 3 heteroatoms. The van der Waals surface area contributed by atoms with Gasteiger partial charge in [-0.25, -0.2) is 4.79 Å².